The summed E-state index contributed by atoms with van der Waals surface area (Å²) in [6.07, 6.45) is 0. The monoisotopic (exact) mass is 419 g/mol. The molecule has 2 aromatic rings. The molecule has 0 bridgehead atoms. The molecule has 26 heavy (non-hydrogen) atoms. The fourth-order valence-electron chi connectivity index (χ4n) is 2.83. The highest BCUT2D eigenvalue weighted by Gasteiger charge is 2.23. The van der Waals surface area contributed by atoms with E-state index in [0.29, 0.717) is 24.8 Å². The number of hydrogen-bond donors (Lipinski definition) is 1. The van der Waals surface area contributed by atoms with Gasteiger partial charge in [-0.15, -0.1) is 0 Å². The van der Waals surface area contributed by atoms with E-state index < -0.39 is 0 Å². The molecule has 3 rings (SSSR count). The summed E-state index contributed by atoms with van der Waals surface area (Å²) in [6.45, 7) is 6.54. The normalized spacial score (nSPS) is 14.3. The lowest BCUT2D eigenvalue weighted by Crippen LogP contribution is -2.50. The lowest BCUT2D eigenvalue weighted by Gasteiger charge is -2.36. The Kier molecular flexibility index (Phi) is 5.61. The zero-order valence-electron chi connectivity index (χ0n) is 15.1. The second-order valence-electron chi connectivity index (χ2n) is 6.14. The van der Waals surface area contributed by atoms with E-state index in [1.807, 2.05) is 26.0 Å². The third kappa shape index (κ3) is 4.07. The minimum atomic E-state index is -0.185. The van der Waals surface area contributed by atoms with Crippen LogP contribution in [0.4, 0.5) is 16.3 Å². The number of urea groups is 1. The molecule has 0 saturated carbocycles. The first-order valence-electron chi connectivity index (χ1n) is 8.43. The smallest absolute Gasteiger partial charge is 0.323 e. The Morgan fingerprint density at radius 3 is 2.50 bits per heavy atom. The molecule has 2 heterocycles. The van der Waals surface area contributed by atoms with Crippen LogP contribution in [0.5, 0.6) is 5.88 Å². The fourth-order valence-corrected chi connectivity index (χ4v) is 3.21. The first-order chi connectivity index (χ1) is 12.5. The number of aryl methyl sites for hydroxylation is 2. The molecule has 1 aromatic carbocycles. The third-order valence-electron chi connectivity index (χ3n) is 4.43. The molecule has 0 unspecified atom stereocenters. The highest BCUT2D eigenvalue weighted by atomic mass is 79.9. The Hall–Kier alpha value is -2.35. The summed E-state index contributed by atoms with van der Waals surface area (Å²) in [7, 11) is 1.52. The Morgan fingerprint density at radius 1 is 1.15 bits per heavy atom. The second-order valence-corrected chi connectivity index (χ2v) is 7.05. The van der Waals surface area contributed by atoms with Crippen molar-refractivity contribution in [3.8, 4) is 5.88 Å². The van der Waals surface area contributed by atoms with Crippen LogP contribution in [0, 0.1) is 13.8 Å². The zero-order chi connectivity index (χ0) is 18.7. The van der Waals surface area contributed by atoms with Crippen LogP contribution in [0.25, 0.3) is 0 Å². The number of carbonyl (C=O) groups excluding carboxylic acids is 1. The summed E-state index contributed by atoms with van der Waals surface area (Å²) in [5, 5.41) is 2.83. The molecule has 0 aliphatic carbocycles. The van der Waals surface area contributed by atoms with Gasteiger partial charge in [-0.3, -0.25) is 5.32 Å². The van der Waals surface area contributed by atoms with Gasteiger partial charge in [0.2, 0.25) is 0 Å². The van der Waals surface area contributed by atoms with Gasteiger partial charge in [-0.25, -0.2) is 14.8 Å². The third-order valence-corrected chi connectivity index (χ3v) is 4.93. The van der Waals surface area contributed by atoms with Crippen LogP contribution in [0.15, 0.2) is 28.7 Å². The molecule has 1 aliphatic heterocycles. The Balaban J connectivity index is 1.63. The Labute approximate surface area is 161 Å². The molecular weight excluding hydrogens is 398 g/mol. The van der Waals surface area contributed by atoms with Crippen molar-refractivity contribution in [1.82, 2.24) is 14.9 Å². The van der Waals surface area contributed by atoms with Crippen molar-refractivity contribution in [2.24, 2.45) is 0 Å². The van der Waals surface area contributed by atoms with Crippen LogP contribution in [0.3, 0.4) is 0 Å². The van der Waals surface area contributed by atoms with Gasteiger partial charge >= 0.3 is 6.03 Å². The standard InChI is InChI=1S/C18H22BrN5O2/c1-12-13(2)21-17(26-3)16(20-12)22-18(25)24-9-7-23(8-10-24)15-6-4-5-14(19)11-15/h4-6,11H,7-10H2,1-3H3,(H,20,22,25). The number of anilines is 2. The molecular formula is C18H22BrN5O2. The van der Waals surface area contributed by atoms with Gasteiger partial charge in [0.05, 0.1) is 18.5 Å². The lowest BCUT2D eigenvalue weighted by molar-refractivity contribution is 0.208. The van der Waals surface area contributed by atoms with Gasteiger partial charge in [0.25, 0.3) is 5.88 Å². The summed E-state index contributed by atoms with van der Waals surface area (Å²) >= 11 is 3.50. The number of piperazine rings is 1. The van der Waals surface area contributed by atoms with Crippen LogP contribution in [0.2, 0.25) is 0 Å². The maximum absolute atomic E-state index is 12.6. The molecule has 1 fully saturated rings. The van der Waals surface area contributed by atoms with Crippen molar-refractivity contribution in [2.45, 2.75) is 13.8 Å². The van der Waals surface area contributed by atoms with Crippen molar-refractivity contribution in [3.05, 3.63) is 40.1 Å². The van der Waals surface area contributed by atoms with Gasteiger partial charge in [-0.05, 0) is 32.0 Å². The lowest BCUT2D eigenvalue weighted by atomic mass is 10.2. The fraction of sp³-hybridized carbons (Fsp3) is 0.389. The topological polar surface area (TPSA) is 70.6 Å². The summed E-state index contributed by atoms with van der Waals surface area (Å²) < 4.78 is 6.29. The van der Waals surface area contributed by atoms with E-state index in [9.17, 15) is 4.79 Å². The second kappa shape index (κ2) is 7.90. The molecule has 0 spiro atoms. The number of aromatic nitrogens is 2. The summed E-state index contributed by atoms with van der Waals surface area (Å²) in [6, 6.07) is 8.00. The van der Waals surface area contributed by atoms with E-state index in [0.717, 1.165) is 34.6 Å². The van der Waals surface area contributed by atoms with Crippen LogP contribution in [0.1, 0.15) is 11.4 Å². The largest absolute Gasteiger partial charge is 0.478 e. The van der Waals surface area contributed by atoms with Crippen LogP contribution >= 0.6 is 15.9 Å². The van der Waals surface area contributed by atoms with Crippen molar-refractivity contribution >= 4 is 33.5 Å². The Bertz CT molecular complexity index is 806. The van der Waals surface area contributed by atoms with Crippen molar-refractivity contribution in [3.63, 3.8) is 0 Å². The highest BCUT2D eigenvalue weighted by molar-refractivity contribution is 9.10. The van der Waals surface area contributed by atoms with E-state index in [4.69, 9.17) is 4.74 Å². The van der Waals surface area contributed by atoms with Gasteiger partial charge < -0.3 is 14.5 Å². The highest BCUT2D eigenvalue weighted by Crippen LogP contribution is 2.23. The van der Waals surface area contributed by atoms with E-state index >= 15 is 0 Å². The van der Waals surface area contributed by atoms with Crippen LogP contribution in [-0.2, 0) is 0 Å². The number of nitrogens with one attached hydrogen (secondary N) is 1. The van der Waals surface area contributed by atoms with Gasteiger partial charge in [-0.2, -0.15) is 0 Å². The first-order valence-corrected chi connectivity index (χ1v) is 9.23. The van der Waals surface area contributed by atoms with Gasteiger partial charge in [0.15, 0.2) is 5.82 Å². The minimum Gasteiger partial charge on any atom is -0.478 e. The molecule has 1 N–H and O–H groups in total. The predicted molar refractivity (Wildman–Crippen MR) is 105 cm³/mol. The molecule has 2 amide bonds. The number of methoxy groups -OCH3 is 1. The maximum atomic E-state index is 12.6. The molecule has 138 valence electrons. The van der Waals surface area contributed by atoms with Gasteiger partial charge in [0, 0.05) is 36.3 Å². The quantitative estimate of drug-likeness (QED) is 0.826. The van der Waals surface area contributed by atoms with E-state index in [1.165, 1.54) is 7.11 Å². The number of hydrogen-bond acceptors (Lipinski definition) is 5. The summed E-state index contributed by atoms with van der Waals surface area (Å²) in [4.78, 5) is 25.4. The van der Waals surface area contributed by atoms with Crippen LogP contribution in [-0.4, -0.2) is 54.2 Å². The summed E-state index contributed by atoms with van der Waals surface area (Å²) in [5.41, 5.74) is 2.70. The van der Waals surface area contributed by atoms with Crippen molar-refractivity contribution in [2.75, 3.05) is 43.5 Å². The SMILES string of the molecule is COc1nc(C)c(C)nc1NC(=O)N1CCN(c2cccc(Br)c2)CC1. The number of rotatable bonds is 3. The minimum absolute atomic E-state index is 0.185. The van der Waals surface area contributed by atoms with E-state index in [2.05, 4.69) is 48.2 Å². The number of halogens is 1. The zero-order valence-corrected chi connectivity index (χ0v) is 16.7. The molecule has 1 aliphatic rings. The number of carbonyl (C=O) groups is 1. The Morgan fingerprint density at radius 2 is 1.85 bits per heavy atom. The number of ether oxygens (including phenoxy) is 1. The van der Waals surface area contributed by atoms with Gasteiger partial charge in [-0.1, -0.05) is 22.0 Å². The predicted octanol–water partition coefficient (Wildman–Crippen LogP) is 3.22. The first kappa shape index (κ1) is 18.4. The average Bonchev–Trinajstić information content (AvgIpc) is 2.64. The van der Waals surface area contributed by atoms with Crippen LogP contribution < -0.4 is 15.0 Å². The number of nitrogens with zero attached hydrogens (tertiary/aromatic N) is 4. The molecule has 0 atom stereocenters. The summed E-state index contributed by atoms with van der Waals surface area (Å²) in [5.74, 6) is 0.684. The number of benzene rings is 1. The maximum Gasteiger partial charge on any atom is 0.323 e. The molecule has 1 saturated heterocycles. The number of amides is 2. The molecule has 0 radical (unpaired) electrons. The van der Waals surface area contributed by atoms with E-state index in [1.54, 1.807) is 4.90 Å². The average molecular weight is 420 g/mol. The molecule has 1 aromatic heterocycles. The molecule has 8 heteroatoms. The molecule has 7 nitrogen and oxygen atoms in total. The van der Waals surface area contributed by atoms with Crippen molar-refractivity contribution in [1.29, 1.82) is 0 Å². The van der Waals surface area contributed by atoms with E-state index in [-0.39, 0.29) is 6.03 Å². The van der Waals surface area contributed by atoms with Crippen molar-refractivity contribution < 1.29 is 9.53 Å². The van der Waals surface area contributed by atoms with Gasteiger partial charge in [0.1, 0.15) is 0 Å².